The van der Waals surface area contributed by atoms with E-state index in [0.717, 1.165) is 35.4 Å². The Morgan fingerprint density at radius 3 is 2.79 bits per heavy atom. The Labute approximate surface area is 113 Å². The summed E-state index contributed by atoms with van der Waals surface area (Å²) < 4.78 is 11.2. The van der Waals surface area contributed by atoms with Crippen LogP contribution in [-0.4, -0.2) is 24.8 Å². The molecular weight excluding hydrogens is 240 g/mol. The van der Waals surface area contributed by atoms with Gasteiger partial charge in [-0.05, 0) is 18.6 Å². The van der Waals surface area contributed by atoms with E-state index in [1.54, 1.807) is 0 Å². The number of fused-ring (bicyclic) bond motifs is 1. The largest absolute Gasteiger partial charge is 0.490 e. The molecule has 0 bridgehead atoms. The number of para-hydroxylation sites is 1. The van der Waals surface area contributed by atoms with E-state index in [9.17, 15) is 0 Å². The van der Waals surface area contributed by atoms with E-state index in [-0.39, 0.29) is 0 Å². The first kappa shape index (κ1) is 13.8. The zero-order chi connectivity index (χ0) is 13.5. The molecule has 0 amide bonds. The molecule has 1 heterocycles. The second kappa shape index (κ2) is 7.07. The van der Waals surface area contributed by atoms with Crippen LogP contribution in [0.1, 0.15) is 19.0 Å². The summed E-state index contributed by atoms with van der Waals surface area (Å²) in [5, 5.41) is 1.01. The molecule has 0 unspecified atom stereocenters. The lowest BCUT2D eigenvalue weighted by Crippen LogP contribution is -2.08. The van der Waals surface area contributed by atoms with Gasteiger partial charge in [0, 0.05) is 24.6 Å². The van der Waals surface area contributed by atoms with Crippen molar-refractivity contribution in [2.45, 2.75) is 19.9 Å². The first-order valence-corrected chi connectivity index (χ1v) is 6.64. The Kier molecular flexibility index (Phi) is 5.12. The number of rotatable bonds is 7. The van der Waals surface area contributed by atoms with Gasteiger partial charge in [-0.1, -0.05) is 19.1 Å². The van der Waals surface area contributed by atoms with Gasteiger partial charge in [0.25, 0.3) is 0 Å². The van der Waals surface area contributed by atoms with Crippen LogP contribution >= 0.6 is 0 Å². The monoisotopic (exact) mass is 260 g/mol. The van der Waals surface area contributed by atoms with E-state index in [1.807, 2.05) is 30.3 Å². The van der Waals surface area contributed by atoms with E-state index in [0.29, 0.717) is 19.8 Å². The first-order valence-electron chi connectivity index (χ1n) is 6.64. The van der Waals surface area contributed by atoms with Crippen molar-refractivity contribution < 1.29 is 9.47 Å². The molecule has 0 spiro atoms. The Bertz CT molecular complexity index is 529. The standard InChI is InChI=1S/C15H20N2O2/c1-2-7-18-8-9-19-15-10-12(11-16)17-14-6-4-3-5-13(14)15/h3-6,10H,2,7-9,11,16H2,1H3. The Morgan fingerprint density at radius 1 is 1.16 bits per heavy atom. The molecule has 2 rings (SSSR count). The molecule has 1 aromatic carbocycles. The molecule has 4 nitrogen and oxygen atoms in total. The highest BCUT2D eigenvalue weighted by Gasteiger charge is 2.05. The van der Waals surface area contributed by atoms with Crippen LogP contribution in [0.4, 0.5) is 0 Å². The quantitative estimate of drug-likeness (QED) is 0.777. The van der Waals surface area contributed by atoms with Gasteiger partial charge in [0.15, 0.2) is 0 Å². The lowest BCUT2D eigenvalue weighted by Gasteiger charge is -2.11. The minimum absolute atomic E-state index is 0.410. The molecule has 0 aliphatic carbocycles. The lowest BCUT2D eigenvalue weighted by atomic mass is 10.2. The highest BCUT2D eigenvalue weighted by molar-refractivity contribution is 5.85. The van der Waals surface area contributed by atoms with Crippen LogP contribution in [0.25, 0.3) is 10.9 Å². The number of hydrogen-bond donors (Lipinski definition) is 1. The second-order valence-corrected chi connectivity index (χ2v) is 4.29. The number of hydrogen-bond acceptors (Lipinski definition) is 4. The van der Waals surface area contributed by atoms with Crippen molar-refractivity contribution in [1.29, 1.82) is 0 Å². The summed E-state index contributed by atoms with van der Waals surface area (Å²) in [5.74, 6) is 0.825. The van der Waals surface area contributed by atoms with Crippen LogP contribution in [0.3, 0.4) is 0 Å². The average molecular weight is 260 g/mol. The predicted molar refractivity (Wildman–Crippen MR) is 76.2 cm³/mol. The van der Waals surface area contributed by atoms with Gasteiger partial charge in [0.1, 0.15) is 12.4 Å². The van der Waals surface area contributed by atoms with Crippen LogP contribution in [0.15, 0.2) is 30.3 Å². The van der Waals surface area contributed by atoms with Crippen molar-refractivity contribution >= 4 is 10.9 Å². The summed E-state index contributed by atoms with van der Waals surface area (Å²) >= 11 is 0. The van der Waals surface area contributed by atoms with Gasteiger partial charge < -0.3 is 15.2 Å². The summed E-state index contributed by atoms with van der Waals surface area (Å²) in [6, 6.07) is 9.82. The van der Waals surface area contributed by atoms with Crippen molar-refractivity contribution in [1.82, 2.24) is 4.98 Å². The van der Waals surface area contributed by atoms with E-state index in [1.165, 1.54) is 0 Å². The fourth-order valence-electron chi connectivity index (χ4n) is 1.88. The molecule has 0 radical (unpaired) electrons. The molecule has 102 valence electrons. The van der Waals surface area contributed by atoms with Crippen LogP contribution in [0, 0.1) is 0 Å². The second-order valence-electron chi connectivity index (χ2n) is 4.29. The fraction of sp³-hybridized carbons (Fsp3) is 0.400. The maximum Gasteiger partial charge on any atom is 0.130 e. The smallest absolute Gasteiger partial charge is 0.130 e. The molecule has 0 fully saturated rings. The van der Waals surface area contributed by atoms with Gasteiger partial charge in [-0.25, -0.2) is 0 Å². The zero-order valence-corrected chi connectivity index (χ0v) is 11.3. The van der Waals surface area contributed by atoms with E-state index in [4.69, 9.17) is 15.2 Å². The summed E-state index contributed by atoms with van der Waals surface area (Å²) in [4.78, 5) is 4.48. The van der Waals surface area contributed by atoms with Gasteiger partial charge in [0.2, 0.25) is 0 Å². The van der Waals surface area contributed by atoms with Gasteiger partial charge in [0.05, 0.1) is 17.8 Å². The van der Waals surface area contributed by atoms with Gasteiger partial charge in [-0.15, -0.1) is 0 Å². The first-order chi connectivity index (χ1) is 9.35. The molecule has 0 saturated carbocycles. The third-order valence-corrected chi connectivity index (χ3v) is 2.77. The molecule has 0 aliphatic heterocycles. The third kappa shape index (κ3) is 3.66. The normalized spacial score (nSPS) is 10.8. The maximum atomic E-state index is 5.79. The van der Waals surface area contributed by atoms with Crippen LogP contribution < -0.4 is 10.5 Å². The fourth-order valence-corrected chi connectivity index (χ4v) is 1.88. The molecule has 1 aromatic heterocycles. The predicted octanol–water partition coefficient (Wildman–Crippen LogP) is 2.50. The summed E-state index contributed by atoms with van der Waals surface area (Å²) in [6.07, 6.45) is 1.02. The SMILES string of the molecule is CCCOCCOc1cc(CN)nc2ccccc12. The third-order valence-electron chi connectivity index (χ3n) is 2.77. The van der Waals surface area contributed by atoms with Gasteiger partial charge in [-0.3, -0.25) is 4.98 Å². The van der Waals surface area contributed by atoms with E-state index in [2.05, 4.69) is 11.9 Å². The van der Waals surface area contributed by atoms with Crippen LogP contribution in [-0.2, 0) is 11.3 Å². The van der Waals surface area contributed by atoms with Crippen LogP contribution in [0.5, 0.6) is 5.75 Å². The number of ether oxygens (including phenoxy) is 2. The molecule has 4 heteroatoms. The average Bonchev–Trinajstić information content (AvgIpc) is 2.46. The maximum absolute atomic E-state index is 5.79. The van der Waals surface area contributed by atoms with Crippen molar-refractivity contribution in [2.24, 2.45) is 5.73 Å². The summed E-state index contributed by atoms with van der Waals surface area (Å²) in [5.41, 5.74) is 7.41. The zero-order valence-electron chi connectivity index (χ0n) is 11.3. The Morgan fingerprint density at radius 2 is 2.00 bits per heavy atom. The van der Waals surface area contributed by atoms with E-state index < -0.39 is 0 Å². The summed E-state index contributed by atoms with van der Waals surface area (Å²) in [6.45, 7) is 4.41. The molecule has 0 saturated heterocycles. The number of aromatic nitrogens is 1. The van der Waals surface area contributed by atoms with Crippen molar-refractivity contribution in [3.8, 4) is 5.75 Å². The van der Waals surface area contributed by atoms with Crippen molar-refractivity contribution in [3.63, 3.8) is 0 Å². The molecular formula is C15H20N2O2. The number of nitrogens with two attached hydrogens (primary N) is 1. The topological polar surface area (TPSA) is 57.4 Å². The molecule has 2 aromatic rings. The minimum atomic E-state index is 0.410. The van der Waals surface area contributed by atoms with E-state index >= 15 is 0 Å². The number of benzene rings is 1. The van der Waals surface area contributed by atoms with Crippen LogP contribution in [0.2, 0.25) is 0 Å². The number of nitrogens with zero attached hydrogens (tertiary/aromatic N) is 1. The molecule has 19 heavy (non-hydrogen) atoms. The molecule has 0 aliphatic rings. The highest BCUT2D eigenvalue weighted by atomic mass is 16.5. The Hall–Kier alpha value is -1.65. The molecule has 2 N–H and O–H groups in total. The van der Waals surface area contributed by atoms with Crippen molar-refractivity contribution in [2.75, 3.05) is 19.8 Å². The summed E-state index contributed by atoms with van der Waals surface area (Å²) in [7, 11) is 0. The highest BCUT2D eigenvalue weighted by Crippen LogP contribution is 2.25. The Balaban J connectivity index is 2.11. The lowest BCUT2D eigenvalue weighted by molar-refractivity contribution is 0.101. The van der Waals surface area contributed by atoms with Gasteiger partial charge >= 0.3 is 0 Å². The van der Waals surface area contributed by atoms with Crippen molar-refractivity contribution in [3.05, 3.63) is 36.0 Å². The molecule has 0 atom stereocenters. The van der Waals surface area contributed by atoms with Gasteiger partial charge in [-0.2, -0.15) is 0 Å². The number of pyridine rings is 1. The minimum Gasteiger partial charge on any atom is -0.490 e.